The number of benzene rings is 1. The second kappa shape index (κ2) is 6.43. The van der Waals surface area contributed by atoms with E-state index in [1.807, 2.05) is 6.92 Å². The first kappa shape index (κ1) is 15.8. The topological polar surface area (TPSA) is 57.6 Å². The van der Waals surface area contributed by atoms with Crippen molar-refractivity contribution in [3.05, 3.63) is 34.9 Å². The van der Waals surface area contributed by atoms with Gasteiger partial charge in [-0.2, -0.15) is 4.31 Å². The van der Waals surface area contributed by atoms with Gasteiger partial charge in [-0.05, 0) is 30.4 Å². The number of aliphatic hydroxyl groups excluding tert-OH is 1. The highest BCUT2D eigenvalue weighted by Gasteiger charge is 2.36. The van der Waals surface area contributed by atoms with Gasteiger partial charge in [-0.15, -0.1) is 0 Å². The van der Waals surface area contributed by atoms with E-state index in [9.17, 15) is 13.5 Å². The maximum absolute atomic E-state index is 12.6. The normalized spacial score (nSPS) is 24.8. The van der Waals surface area contributed by atoms with Crippen LogP contribution in [0.4, 0.5) is 0 Å². The molecule has 2 atom stereocenters. The lowest BCUT2D eigenvalue weighted by Crippen LogP contribution is -2.49. The van der Waals surface area contributed by atoms with Crippen molar-refractivity contribution in [1.29, 1.82) is 0 Å². The van der Waals surface area contributed by atoms with Gasteiger partial charge in [-0.3, -0.25) is 0 Å². The van der Waals surface area contributed by atoms with Gasteiger partial charge in [0.15, 0.2) is 0 Å². The third kappa shape index (κ3) is 3.34. The zero-order chi connectivity index (χ0) is 14.8. The molecule has 2 unspecified atom stereocenters. The van der Waals surface area contributed by atoms with Crippen LogP contribution in [-0.4, -0.2) is 37.0 Å². The number of sulfonamides is 1. The minimum atomic E-state index is -3.46. The lowest BCUT2D eigenvalue weighted by Gasteiger charge is -2.38. The van der Waals surface area contributed by atoms with E-state index in [1.165, 1.54) is 4.31 Å². The van der Waals surface area contributed by atoms with Gasteiger partial charge < -0.3 is 5.11 Å². The first-order chi connectivity index (χ1) is 9.45. The smallest absolute Gasteiger partial charge is 0.218 e. The molecule has 20 heavy (non-hydrogen) atoms. The van der Waals surface area contributed by atoms with E-state index in [4.69, 9.17) is 11.6 Å². The first-order valence-electron chi connectivity index (χ1n) is 6.79. The van der Waals surface area contributed by atoms with Gasteiger partial charge in [0.05, 0.1) is 18.4 Å². The van der Waals surface area contributed by atoms with Crippen molar-refractivity contribution in [2.45, 2.75) is 31.6 Å². The lowest BCUT2D eigenvalue weighted by atomic mass is 9.93. The molecule has 0 aromatic heterocycles. The summed E-state index contributed by atoms with van der Waals surface area (Å²) in [6.07, 6.45) is 1.78. The minimum Gasteiger partial charge on any atom is -0.395 e. The molecule has 1 saturated heterocycles. The summed E-state index contributed by atoms with van der Waals surface area (Å²) in [5.74, 6) is 0.0605. The van der Waals surface area contributed by atoms with E-state index in [2.05, 4.69) is 0 Å². The summed E-state index contributed by atoms with van der Waals surface area (Å²) in [5, 5.41) is 9.94. The zero-order valence-electron chi connectivity index (χ0n) is 11.5. The molecular weight excluding hydrogens is 298 g/mol. The fourth-order valence-corrected chi connectivity index (χ4v) is 4.91. The molecule has 4 nitrogen and oxygen atoms in total. The molecule has 0 bridgehead atoms. The Kier molecular flexibility index (Phi) is 5.07. The molecule has 0 radical (unpaired) electrons. The summed E-state index contributed by atoms with van der Waals surface area (Å²) < 4.78 is 26.6. The van der Waals surface area contributed by atoms with Crippen molar-refractivity contribution in [1.82, 2.24) is 4.31 Å². The number of aliphatic hydroxyl groups is 1. The molecule has 112 valence electrons. The van der Waals surface area contributed by atoms with E-state index in [1.54, 1.807) is 24.3 Å². The summed E-state index contributed by atoms with van der Waals surface area (Å²) in [7, 11) is -3.46. The highest BCUT2D eigenvalue weighted by atomic mass is 35.5. The van der Waals surface area contributed by atoms with E-state index in [0.29, 0.717) is 17.1 Å². The average Bonchev–Trinajstić information content (AvgIpc) is 2.41. The fourth-order valence-electron chi connectivity index (χ4n) is 2.72. The number of hydrogen-bond donors (Lipinski definition) is 1. The van der Waals surface area contributed by atoms with Gasteiger partial charge in [-0.25, -0.2) is 8.42 Å². The van der Waals surface area contributed by atoms with Crippen molar-refractivity contribution >= 4 is 21.6 Å². The average molecular weight is 318 g/mol. The monoisotopic (exact) mass is 317 g/mol. The third-order valence-corrected chi connectivity index (χ3v) is 6.12. The van der Waals surface area contributed by atoms with E-state index in [0.717, 1.165) is 12.8 Å². The Morgan fingerprint density at radius 1 is 1.40 bits per heavy atom. The summed E-state index contributed by atoms with van der Waals surface area (Å²) in [5.41, 5.74) is 0.601. The Balaban J connectivity index is 2.23. The number of halogens is 1. The standard InChI is InChI=1S/C14H20ClNO3S/c1-11-5-4-8-16(14(11)9-17)20(18,19)10-12-6-2-3-7-13(12)15/h2-3,6-7,11,14,17H,4-5,8-10H2,1H3. The Morgan fingerprint density at radius 3 is 2.75 bits per heavy atom. The number of rotatable bonds is 4. The molecule has 0 aliphatic carbocycles. The van der Waals surface area contributed by atoms with E-state index in [-0.39, 0.29) is 24.3 Å². The Hall–Kier alpha value is -0.620. The van der Waals surface area contributed by atoms with Crippen LogP contribution in [0.5, 0.6) is 0 Å². The van der Waals surface area contributed by atoms with Crippen LogP contribution in [0.3, 0.4) is 0 Å². The molecule has 1 fully saturated rings. The van der Waals surface area contributed by atoms with E-state index < -0.39 is 10.0 Å². The van der Waals surface area contributed by atoms with Crippen LogP contribution in [0.15, 0.2) is 24.3 Å². The molecule has 1 aliphatic heterocycles. The zero-order valence-corrected chi connectivity index (χ0v) is 13.1. The largest absolute Gasteiger partial charge is 0.395 e. The van der Waals surface area contributed by atoms with Crippen LogP contribution in [0.1, 0.15) is 25.3 Å². The van der Waals surface area contributed by atoms with Gasteiger partial charge in [0.25, 0.3) is 0 Å². The predicted molar refractivity (Wildman–Crippen MR) is 80.1 cm³/mol. The number of hydrogen-bond acceptors (Lipinski definition) is 3. The summed E-state index contributed by atoms with van der Waals surface area (Å²) in [4.78, 5) is 0. The van der Waals surface area contributed by atoms with Crippen molar-refractivity contribution in [3.8, 4) is 0 Å². The molecule has 1 aromatic rings. The highest BCUT2D eigenvalue weighted by Crippen LogP contribution is 2.28. The molecule has 0 amide bonds. The highest BCUT2D eigenvalue weighted by molar-refractivity contribution is 7.88. The summed E-state index contributed by atoms with van der Waals surface area (Å²) in [6.45, 7) is 2.32. The van der Waals surface area contributed by atoms with Gasteiger partial charge in [-0.1, -0.05) is 36.7 Å². The van der Waals surface area contributed by atoms with Crippen LogP contribution in [-0.2, 0) is 15.8 Å². The van der Waals surface area contributed by atoms with Crippen LogP contribution in [0.25, 0.3) is 0 Å². The maximum Gasteiger partial charge on any atom is 0.218 e. The van der Waals surface area contributed by atoms with Gasteiger partial charge >= 0.3 is 0 Å². The molecule has 6 heteroatoms. The Morgan fingerprint density at radius 2 is 2.10 bits per heavy atom. The molecule has 1 aliphatic rings. The molecule has 1 aromatic carbocycles. The van der Waals surface area contributed by atoms with E-state index >= 15 is 0 Å². The Bertz CT molecular complexity index is 561. The first-order valence-corrected chi connectivity index (χ1v) is 8.78. The molecule has 1 heterocycles. The van der Waals surface area contributed by atoms with Gasteiger partial charge in [0, 0.05) is 11.6 Å². The molecule has 0 saturated carbocycles. The molecule has 1 N–H and O–H groups in total. The van der Waals surface area contributed by atoms with Gasteiger partial charge in [0.2, 0.25) is 10.0 Å². The van der Waals surface area contributed by atoms with Crippen LogP contribution < -0.4 is 0 Å². The number of piperidine rings is 1. The van der Waals surface area contributed by atoms with Crippen LogP contribution >= 0.6 is 11.6 Å². The maximum atomic E-state index is 12.6. The molecular formula is C14H20ClNO3S. The summed E-state index contributed by atoms with van der Waals surface area (Å²) in [6, 6.07) is 6.64. The van der Waals surface area contributed by atoms with Crippen LogP contribution in [0, 0.1) is 5.92 Å². The second-order valence-corrected chi connectivity index (χ2v) is 7.66. The third-order valence-electron chi connectivity index (χ3n) is 3.90. The Labute approximate surface area is 125 Å². The SMILES string of the molecule is CC1CCCN(S(=O)(=O)Cc2ccccc2Cl)C1CO. The van der Waals surface area contributed by atoms with Crippen molar-refractivity contribution < 1.29 is 13.5 Å². The number of nitrogens with zero attached hydrogens (tertiary/aromatic N) is 1. The summed E-state index contributed by atoms with van der Waals surface area (Å²) >= 11 is 6.04. The van der Waals surface area contributed by atoms with Gasteiger partial charge in [0.1, 0.15) is 0 Å². The predicted octanol–water partition coefficient (Wildman–Crippen LogP) is 2.26. The quantitative estimate of drug-likeness (QED) is 0.926. The minimum absolute atomic E-state index is 0.115. The van der Waals surface area contributed by atoms with Crippen LogP contribution in [0.2, 0.25) is 5.02 Å². The van der Waals surface area contributed by atoms with Crippen molar-refractivity contribution in [2.24, 2.45) is 5.92 Å². The van der Waals surface area contributed by atoms with Crippen molar-refractivity contribution in [3.63, 3.8) is 0 Å². The molecule has 2 rings (SSSR count). The van der Waals surface area contributed by atoms with Crippen molar-refractivity contribution in [2.75, 3.05) is 13.2 Å². The lowest BCUT2D eigenvalue weighted by molar-refractivity contribution is 0.113. The molecule has 0 spiro atoms. The fraction of sp³-hybridized carbons (Fsp3) is 0.571. The second-order valence-electron chi connectivity index (χ2n) is 5.33.